The molecule has 1 heterocycles. The van der Waals surface area contributed by atoms with Crippen molar-refractivity contribution in [1.29, 1.82) is 0 Å². The lowest BCUT2D eigenvalue weighted by atomic mass is 10.0. The lowest BCUT2D eigenvalue weighted by molar-refractivity contribution is 0.0984. The van der Waals surface area contributed by atoms with Gasteiger partial charge >= 0.3 is 0 Å². The van der Waals surface area contributed by atoms with Crippen LogP contribution in [0.4, 0.5) is 11.4 Å². The zero-order valence-corrected chi connectivity index (χ0v) is 16.2. The van der Waals surface area contributed by atoms with Crippen LogP contribution in [-0.4, -0.2) is 25.5 Å². The number of anilines is 2. The molecule has 0 unspecified atom stereocenters. The van der Waals surface area contributed by atoms with E-state index in [-0.39, 0.29) is 11.8 Å². The normalized spacial score (nSPS) is 12.8. The fourth-order valence-electron chi connectivity index (χ4n) is 3.56. The minimum Gasteiger partial charge on any atom is -0.497 e. The van der Waals surface area contributed by atoms with Crippen LogP contribution in [0.15, 0.2) is 72.8 Å². The molecule has 3 aromatic rings. The van der Waals surface area contributed by atoms with Gasteiger partial charge in [0.05, 0.1) is 7.11 Å². The third-order valence-electron chi connectivity index (χ3n) is 5.08. The van der Waals surface area contributed by atoms with Crippen molar-refractivity contribution in [2.24, 2.45) is 0 Å². The van der Waals surface area contributed by atoms with E-state index in [4.69, 9.17) is 4.74 Å². The molecule has 146 valence electrons. The highest BCUT2D eigenvalue weighted by molar-refractivity contribution is 6.08. The van der Waals surface area contributed by atoms with E-state index in [1.807, 2.05) is 23.1 Å². The van der Waals surface area contributed by atoms with Crippen LogP contribution in [0.25, 0.3) is 0 Å². The van der Waals surface area contributed by atoms with Crippen molar-refractivity contribution in [3.8, 4) is 5.75 Å². The van der Waals surface area contributed by atoms with Gasteiger partial charge in [-0.15, -0.1) is 0 Å². The number of fused-ring (bicyclic) bond motifs is 1. The lowest BCUT2D eigenvalue weighted by Gasteiger charge is -2.29. The monoisotopic (exact) mass is 386 g/mol. The van der Waals surface area contributed by atoms with E-state index in [1.165, 1.54) is 5.56 Å². The van der Waals surface area contributed by atoms with Crippen LogP contribution >= 0.6 is 0 Å². The maximum Gasteiger partial charge on any atom is 0.258 e. The Morgan fingerprint density at radius 2 is 1.72 bits per heavy atom. The maximum absolute atomic E-state index is 13.0. The van der Waals surface area contributed by atoms with E-state index < -0.39 is 0 Å². The van der Waals surface area contributed by atoms with Crippen LogP contribution < -0.4 is 15.0 Å². The Balaban J connectivity index is 1.48. The standard InChI is InChI=1S/C24H22N2O3/c1-29-21-9-4-7-19(16-21)23(27)25-20-13-11-18(12-14-20)24(28)26-15-5-8-17-6-2-3-10-22(17)26/h2-4,6-7,9-14,16H,5,8,15H2,1H3,(H,25,27). The van der Waals surface area contributed by atoms with Gasteiger partial charge in [0.2, 0.25) is 0 Å². The summed E-state index contributed by atoms with van der Waals surface area (Å²) in [5, 5.41) is 2.85. The zero-order chi connectivity index (χ0) is 20.2. The van der Waals surface area contributed by atoms with E-state index in [1.54, 1.807) is 55.6 Å². The second kappa shape index (κ2) is 8.19. The number of nitrogens with zero attached hydrogens (tertiary/aromatic N) is 1. The topological polar surface area (TPSA) is 58.6 Å². The smallest absolute Gasteiger partial charge is 0.258 e. The van der Waals surface area contributed by atoms with Crippen molar-refractivity contribution in [1.82, 2.24) is 0 Å². The van der Waals surface area contributed by atoms with Gasteiger partial charge in [0.1, 0.15) is 5.75 Å². The average molecular weight is 386 g/mol. The summed E-state index contributed by atoms with van der Waals surface area (Å²) < 4.78 is 5.16. The Hall–Kier alpha value is -3.60. The molecule has 0 spiro atoms. The number of carbonyl (C=O) groups is 2. The predicted molar refractivity (Wildman–Crippen MR) is 114 cm³/mol. The summed E-state index contributed by atoms with van der Waals surface area (Å²) in [6.45, 7) is 0.712. The number of amides is 2. The summed E-state index contributed by atoms with van der Waals surface area (Å²) in [5.41, 5.74) is 3.93. The molecule has 3 aromatic carbocycles. The minimum absolute atomic E-state index is 0.0252. The molecule has 0 fully saturated rings. The van der Waals surface area contributed by atoms with Crippen LogP contribution in [0.1, 0.15) is 32.7 Å². The highest BCUT2D eigenvalue weighted by Gasteiger charge is 2.23. The number of aryl methyl sites for hydroxylation is 1. The molecule has 5 nitrogen and oxygen atoms in total. The largest absolute Gasteiger partial charge is 0.497 e. The maximum atomic E-state index is 13.0. The Kier molecular flexibility index (Phi) is 5.29. The van der Waals surface area contributed by atoms with Crippen molar-refractivity contribution in [3.05, 3.63) is 89.5 Å². The predicted octanol–water partition coefficient (Wildman–Crippen LogP) is 4.54. The van der Waals surface area contributed by atoms with Crippen molar-refractivity contribution in [2.75, 3.05) is 23.9 Å². The second-order valence-corrected chi connectivity index (χ2v) is 6.95. The number of ether oxygens (including phenoxy) is 1. The molecule has 29 heavy (non-hydrogen) atoms. The summed E-state index contributed by atoms with van der Waals surface area (Å²) in [5.74, 6) is 0.371. The summed E-state index contributed by atoms with van der Waals surface area (Å²) >= 11 is 0. The first kappa shape index (κ1) is 18.7. The summed E-state index contributed by atoms with van der Waals surface area (Å²) in [6.07, 6.45) is 1.95. The number of carbonyl (C=O) groups excluding carboxylic acids is 2. The number of hydrogen-bond donors (Lipinski definition) is 1. The molecular weight excluding hydrogens is 364 g/mol. The molecule has 0 saturated carbocycles. The Labute approximate surface area is 169 Å². The molecular formula is C24H22N2O3. The molecule has 2 amide bonds. The molecule has 4 rings (SSSR count). The van der Waals surface area contributed by atoms with Gasteiger partial charge in [-0.3, -0.25) is 9.59 Å². The van der Waals surface area contributed by atoms with Crippen LogP contribution in [0.5, 0.6) is 5.75 Å². The van der Waals surface area contributed by atoms with Gasteiger partial charge in [-0.1, -0.05) is 24.3 Å². The molecule has 5 heteroatoms. The van der Waals surface area contributed by atoms with Crippen LogP contribution in [-0.2, 0) is 6.42 Å². The van der Waals surface area contributed by atoms with E-state index >= 15 is 0 Å². The van der Waals surface area contributed by atoms with Gasteiger partial charge in [-0.25, -0.2) is 0 Å². The first-order valence-electron chi connectivity index (χ1n) is 9.61. The van der Waals surface area contributed by atoms with E-state index in [9.17, 15) is 9.59 Å². The van der Waals surface area contributed by atoms with Gasteiger partial charge in [0.25, 0.3) is 11.8 Å². The van der Waals surface area contributed by atoms with E-state index in [2.05, 4.69) is 11.4 Å². The third-order valence-corrected chi connectivity index (χ3v) is 5.08. The Morgan fingerprint density at radius 1 is 0.931 bits per heavy atom. The van der Waals surface area contributed by atoms with Gasteiger partial charge in [-0.05, 0) is 66.9 Å². The average Bonchev–Trinajstić information content (AvgIpc) is 2.78. The second-order valence-electron chi connectivity index (χ2n) is 6.95. The molecule has 0 aromatic heterocycles. The number of para-hydroxylation sites is 1. The molecule has 0 saturated heterocycles. The lowest BCUT2D eigenvalue weighted by Crippen LogP contribution is -2.35. The Bertz CT molecular complexity index is 1040. The van der Waals surface area contributed by atoms with Crippen LogP contribution in [0, 0.1) is 0 Å². The molecule has 0 bridgehead atoms. The highest BCUT2D eigenvalue weighted by Crippen LogP contribution is 2.28. The highest BCUT2D eigenvalue weighted by atomic mass is 16.5. The minimum atomic E-state index is -0.229. The van der Waals surface area contributed by atoms with Crippen molar-refractivity contribution in [3.63, 3.8) is 0 Å². The molecule has 1 aliphatic rings. The van der Waals surface area contributed by atoms with Crippen molar-refractivity contribution < 1.29 is 14.3 Å². The summed E-state index contributed by atoms with van der Waals surface area (Å²) in [7, 11) is 1.56. The first-order chi connectivity index (χ1) is 14.2. The molecule has 0 aliphatic carbocycles. The van der Waals surface area contributed by atoms with Crippen molar-refractivity contribution in [2.45, 2.75) is 12.8 Å². The summed E-state index contributed by atoms with van der Waals surface area (Å²) in [4.78, 5) is 27.3. The van der Waals surface area contributed by atoms with Crippen LogP contribution in [0.3, 0.4) is 0 Å². The van der Waals surface area contributed by atoms with Crippen molar-refractivity contribution >= 4 is 23.2 Å². The SMILES string of the molecule is COc1cccc(C(=O)Nc2ccc(C(=O)N3CCCc4ccccc43)cc2)c1. The van der Waals surface area contributed by atoms with Gasteiger partial charge in [-0.2, -0.15) is 0 Å². The number of rotatable bonds is 4. The quantitative estimate of drug-likeness (QED) is 0.716. The summed E-state index contributed by atoms with van der Waals surface area (Å²) in [6, 6.07) is 22.0. The molecule has 0 radical (unpaired) electrons. The van der Waals surface area contributed by atoms with Crippen LogP contribution in [0.2, 0.25) is 0 Å². The van der Waals surface area contributed by atoms with E-state index in [0.29, 0.717) is 29.1 Å². The number of benzene rings is 3. The van der Waals surface area contributed by atoms with Gasteiger partial charge in [0, 0.05) is 29.0 Å². The molecule has 1 N–H and O–H groups in total. The fraction of sp³-hybridized carbons (Fsp3) is 0.167. The third kappa shape index (κ3) is 3.99. The first-order valence-corrected chi connectivity index (χ1v) is 9.61. The Morgan fingerprint density at radius 3 is 2.52 bits per heavy atom. The van der Waals surface area contributed by atoms with Gasteiger partial charge in [0.15, 0.2) is 0 Å². The molecule has 1 aliphatic heterocycles. The number of nitrogens with one attached hydrogen (secondary N) is 1. The number of hydrogen-bond acceptors (Lipinski definition) is 3. The number of methoxy groups -OCH3 is 1. The molecule has 0 atom stereocenters. The van der Waals surface area contributed by atoms with E-state index in [0.717, 1.165) is 18.5 Å². The fourth-order valence-corrected chi connectivity index (χ4v) is 3.56. The zero-order valence-electron chi connectivity index (χ0n) is 16.2. The van der Waals surface area contributed by atoms with Gasteiger partial charge < -0.3 is 15.0 Å².